The predicted molar refractivity (Wildman–Crippen MR) is 113 cm³/mol. The highest BCUT2D eigenvalue weighted by Gasteiger charge is 2.21. The van der Waals surface area contributed by atoms with Crippen molar-refractivity contribution in [3.8, 4) is 11.5 Å². The molecule has 7 nitrogen and oxygen atoms in total. The molecule has 3 aromatic rings. The van der Waals surface area contributed by atoms with Crippen LogP contribution in [-0.2, 0) is 19.5 Å². The van der Waals surface area contributed by atoms with Gasteiger partial charge in [-0.25, -0.2) is 0 Å². The van der Waals surface area contributed by atoms with Crippen LogP contribution >= 0.6 is 0 Å². The second-order valence-electron chi connectivity index (χ2n) is 7.12. The van der Waals surface area contributed by atoms with Crippen LogP contribution in [0.15, 0.2) is 42.6 Å². The molecule has 0 spiro atoms. The van der Waals surface area contributed by atoms with Crippen molar-refractivity contribution in [2.24, 2.45) is 0 Å². The number of nitrogens with one attached hydrogen (secondary N) is 1. The molecule has 2 aromatic carbocycles. The fraction of sp³-hybridized carbons (Fsp3) is 0.318. The third-order valence-electron chi connectivity index (χ3n) is 5.16. The smallest absolute Gasteiger partial charge is 0.244 e. The zero-order chi connectivity index (χ0) is 20.2. The number of aryl methyl sites for hydroxylation is 1. The van der Waals surface area contributed by atoms with E-state index in [0.29, 0.717) is 12.5 Å². The first-order valence-electron chi connectivity index (χ1n) is 9.64. The number of rotatable bonds is 6. The first-order valence-corrected chi connectivity index (χ1v) is 9.64. The normalized spacial score (nSPS) is 13.0. The molecule has 1 aliphatic heterocycles. The van der Waals surface area contributed by atoms with Crippen molar-refractivity contribution >= 4 is 11.8 Å². The van der Waals surface area contributed by atoms with Crippen molar-refractivity contribution in [3.05, 3.63) is 64.8 Å². The highest BCUT2D eigenvalue weighted by Crippen LogP contribution is 2.34. The number of aromatic nitrogens is 3. The number of methoxy groups -OCH3 is 2. The molecular formula is C22H25N5O2. The molecule has 0 fully saturated rings. The maximum atomic E-state index is 5.45. The third kappa shape index (κ3) is 4.23. The number of hydrogen-bond acceptors (Lipinski definition) is 7. The molecular weight excluding hydrogens is 366 g/mol. The Morgan fingerprint density at radius 1 is 1.03 bits per heavy atom. The van der Waals surface area contributed by atoms with Crippen molar-refractivity contribution in [3.63, 3.8) is 0 Å². The van der Waals surface area contributed by atoms with Gasteiger partial charge in [-0.2, -0.15) is 10.1 Å². The van der Waals surface area contributed by atoms with Crippen molar-refractivity contribution < 1.29 is 9.47 Å². The maximum absolute atomic E-state index is 5.45. The van der Waals surface area contributed by atoms with E-state index in [1.165, 1.54) is 22.3 Å². The molecule has 1 N–H and O–H groups in total. The molecule has 0 aliphatic carbocycles. The van der Waals surface area contributed by atoms with Crippen LogP contribution in [0, 0.1) is 6.92 Å². The van der Waals surface area contributed by atoms with Crippen molar-refractivity contribution in [2.75, 3.05) is 31.0 Å². The maximum Gasteiger partial charge on any atom is 0.244 e. The summed E-state index contributed by atoms with van der Waals surface area (Å²) in [5, 5.41) is 11.5. The molecule has 150 valence electrons. The molecule has 0 unspecified atom stereocenters. The Morgan fingerprint density at radius 3 is 2.48 bits per heavy atom. The van der Waals surface area contributed by atoms with Gasteiger partial charge in [0.2, 0.25) is 5.95 Å². The quantitative estimate of drug-likeness (QED) is 0.691. The van der Waals surface area contributed by atoms with E-state index in [-0.39, 0.29) is 0 Å². The minimum absolute atomic E-state index is 0.529. The largest absolute Gasteiger partial charge is 0.493 e. The standard InChI is InChI=1S/C22H25N5O2/c1-15-4-6-16(7-5-15)12-23-22-25-21(13-24-26-22)27-9-8-17-10-19(28-2)20(29-3)11-18(17)14-27/h4-7,10-11,13H,8-9,12,14H2,1-3H3,(H,23,25,26). The molecule has 1 aliphatic rings. The lowest BCUT2D eigenvalue weighted by atomic mass is 9.99. The van der Waals surface area contributed by atoms with Crippen LogP contribution in [0.2, 0.25) is 0 Å². The number of benzene rings is 2. The summed E-state index contributed by atoms with van der Waals surface area (Å²) in [4.78, 5) is 6.87. The summed E-state index contributed by atoms with van der Waals surface area (Å²) in [5.74, 6) is 2.85. The van der Waals surface area contributed by atoms with Crippen LogP contribution < -0.4 is 19.7 Å². The molecule has 0 atom stereocenters. The highest BCUT2D eigenvalue weighted by atomic mass is 16.5. The van der Waals surface area contributed by atoms with Crippen molar-refractivity contribution in [2.45, 2.75) is 26.4 Å². The predicted octanol–water partition coefficient (Wildman–Crippen LogP) is 3.37. The Bertz CT molecular complexity index is 991. The number of ether oxygens (including phenoxy) is 2. The van der Waals surface area contributed by atoms with E-state index in [1.54, 1.807) is 20.4 Å². The lowest BCUT2D eigenvalue weighted by molar-refractivity contribution is 0.353. The van der Waals surface area contributed by atoms with Crippen LogP contribution in [0.5, 0.6) is 11.5 Å². The number of anilines is 2. The molecule has 0 saturated heterocycles. The first-order chi connectivity index (χ1) is 14.2. The molecule has 0 saturated carbocycles. The molecule has 0 amide bonds. The van der Waals surface area contributed by atoms with E-state index in [4.69, 9.17) is 9.47 Å². The van der Waals surface area contributed by atoms with E-state index in [2.05, 4.69) is 62.7 Å². The molecule has 29 heavy (non-hydrogen) atoms. The van der Waals surface area contributed by atoms with Crippen LogP contribution in [0.3, 0.4) is 0 Å². The van der Waals surface area contributed by atoms with E-state index in [1.807, 2.05) is 6.07 Å². The summed E-state index contributed by atoms with van der Waals surface area (Å²) in [6, 6.07) is 12.5. The number of hydrogen-bond donors (Lipinski definition) is 1. The Morgan fingerprint density at radius 2 is 1.76 bits per heavy atom. The van der Waals surface area contributed by atoms with Gasteiger partial charge >= 0.3 is 0 Å². The van der Waals surface area contributed by atoms with Crippen LogP contribution in [0.25, 0.3) is 0 Å². The first kappa shape index (κ1) is 19.0. The second kappa shape index (κ2) is 8.34. The summed E-state index contributed by atoms with van der Waals surface area (Å²) in [5.41, 5.74) is 4.91. The van der Waals surface area contributed by atoms with Gasteiger partial charge in [0.25, 0.3) is 0 Å². The Balaban J connectivity index is 1.48. The number of nitrogens with zero attached hydrogens (tertiary/aromatic N) is 4. The Hall–Kier alpha value is -3.35. The highest BCUT2D eigenvalue weighted by molar-refractivity contribution is 5.52. The van der Waals surface area contributed by atoms with E-state index >= 15 is 0 Å². The van der Waals surface area contributed by atoms with Gasteiger partial charge in [0.05, 0.1) is 20.4 Å². The SMILES string of the molecule is COc1cc2c(cc1OC)CN(c1cnnc(NCc3ccc(C)cc3)n1)CC2. The topological polar surface area (TPSA) is 72.4 Å². The average molecular weight is 391 g/mol. The summed E-state index contributed by atoms with van der Waals surface area (Å²) < 4.78 is 10.9. The Labute approximate surface area is 170 Å². The lowest BCUT2D eigenvalue weighted by Crippen LogP contribution is -2.31. The fourth-order valence-corrected chi connectivity index (χ4v) is 3.49. The zero-order valence-electron chi connectivity index (χ0n) is 17.0. The molecule has 0 bridgehead atoms. The van der Waals surface area contributed by atoms with Gasteiger partial charge in [-0.15, -0.1) is 5.10 Å². The van der Waals surface area contributed by atoms with E-state index in [9.17, 15) is 0 Å². The van der Waals surface area contributed by atoms with Crippen molar-refractivity contribution in [1.82, 2.24) is 15.2 Å². The van der Waals surface area contributed by atoms with Gasteiger partial charge in [-0.3, -0.25) is 0 Å². The van der Waals surface area contributed by atoms with Crippen LogP contribution in [-0.4, -0.2) is 35.9 Å². The molecule has 1 aromatic heterocycles. The third-order valence-corrected chi connectivity index (χ3v) is 5.16. The second-order valence-corrected chi connectivity index (χ2v) is 7.12. The van der Waals surface area contributed by atoms with E-state index in [0.717, 1.165) is 36.8 Å². The van der Waals surface area contributed by atoms with Gasteiger partial charge in [0, 0.05) is 19.6 Å². The average Bonchev–Trinajstić information content (AvgIpc) is 2.77. The van der Waals surface area contributed by atoms with Gasteiger partial charge < -0.3 is 19.7 Å². The minimum atomic E-state index is 0.529. The van der Waals surface area contributed by atoms with Crippen LogP contribution in [0.4, 0.5) is 11.8 Å². The van der Waals surface area contributed by atoms with Crippen molar-refractivity contribution in [1.29, 1.82) is 0 Å². The molecule has 2 heterocycles. The fourth-order valence-electron chi connectivity index (χ4n) is 3.49. The monoisotopic (exact) mass is 391 g/mol. The van der Waals surface area contributed by atoms with Gasteiger partial charge in [-0.05, 0) is 42.2 Å². The summed E-state index contributed by atoms with van der Waals surface area (Å²) in [6.07, 6.45) is 2.62. The summed E-state index contributed by atoms with van der Waals surface area (Å²) in [6.45, 7) is 4.34. The van der Waals surface area contributed by atoms with Gasteiger partial charge in [-0.1, -0.05) is 29.8 Å². The number of fused-ring (bicyclic) bond motifs is 1. The van der Waals surface area contributed by atoms with Gasteiger partial charge in [0.15, 0.2) is 17.3 Å². The Kier molecular flexibility index (Phi) is 5.46. The zero-order valence-corrected chi connectivity index (χ0v) is 17.0. The molecule has 0 radical (unpaired) electrons. The molecule has 4 rings (SSSR count). The lowest BCUT2D eigenvalue weighted by Gasteiger charge is -2.30. The van der Waals surface area contributed by atoms with E-state index < -0.39 is 0 Å². The summed E-state index contributed by atoms with van der Waals surface area (Å²) in [7, 11) is 3.32. The minimum Gasteiger partial charge on any atom is -0.493 e. The van der Waals surface area contributed by atoms with Gasteiger partial charge in [0.1, 0.15) is 0 Å². The van der Waals surface area contributed by atoms with Crippen LogP contribution in [0.1, 0.15) is 22.3 Å². The molecule has 7 heteroatoms. The summed E-state index contributed by atoms with van der Waals surface area (Å²) >= 11 is 0.